The molecule has 0 saturated carbocycles. The third-order valence-electron chi connectivity index (χ3n) is 3.58. The molecule has 0 fully saturated rings. The predicted octanol–water partition coefficient (Wildman–Crippen LogP) is 4.37. The van der Waals surface area contributed by atoms with E-state index in [0.29, 0.717) is 6.42 Å². The van der Waals surface area contributed by atoms with Crippen molar-refractivity contribution in [2.24, 2.45) is 0 Å². The van der Waals surface area contributed by atoms with Crippen LogP contribution in [0.25, 0.3) is 0 Å². The van der Waals surface area contributed by atoms with Crippen LogP contribution in [0.2, 0.25) is 0 Å². The maximum absolute atomic E-state index is 12.6. The van der Waals surface area contributed by atoms with Gasteiger partial charge in [-0.3, -0.25) is 4.79 Å². The van der Waals surface area contributed by atoms with Crippen LogP contribution in [0.3, 0.4) is 0 Å². The maximum atomic E-state index is 12.6. The maximum Gasteiger partial charge on any atom is 0.231 e. The van der Waals surface area contributed by atoms with Crippen molar-refractivity contribution < 1.29 is 4.79 Å². The van der Waals surface area contributed by atoms with Gasteiger partial charge in [0.15, 0.2) is 0 Å². The van der Waals surface area contributed by atoms with Crippen LogP contribution in [0.4, 0.5) is 5.69 Å². The SMILES string of the molecule is CCCCN(C(=O)Cc1ccc(C)cc1)c1ccccc1. The highest BCUT2D eigenvalue weighted by Gasteiger charge is 2.15. The van der Waals surface area contributed by atoms with Gasteiger partial charge in [-0.25, -0.2) is 0 Å². The average molecular weight is 281 g/mol. The van der Waals surface area contributed by atoms with Gasteiger partial charge in [0, 0.05) is 12.2 Å². The lowest BCUT2D eigenvalue weighted by molar-refractivity contribution is -0.118. The highest BCUT2D eigenvalue weighted by molar-refractivity contribution is 5.94. The van der Waals surface area contributed by atoms with Gasteiger partial charge >= 0.3 is 0 Å². The first kappa shape index (κ1) is 15.3. The van der Waals surface area contributed by atoms with E-state index in [9.17, 15) is 4.79 Å². The number of carbonyl (C=O) groups excluding carboxylic acids is 1. The first-order valence-electron chi connectivity index (χ1n) is 7.61. The molecule has 0 bridgehead atoms. The molecule has 0 N–H and O–H groups in total. The van der Waals surface area contributed by atoms with Gasteiger partial charge < -0.3 is 4.90 Å². The highest BCUT2D eigenvalue weighted by atomic mass is 16.2. The van der Waals surface area contributed by atoms with E-state index in [0.717, 1.165) is 30.6 Å². The van der Waals surface area contributed by atoms with E-state index in [1.54, 1.807) is 0 Å². The Bertz CT molecular complexity index is 560. The highest BCUT2D eigenvalue weighted by Crippen LogP contribution is 2.16. The number of para-hydroxylation sites is 1. The largest absolute Gasteiger partial charge is 0.312 e. The number of benzene rings is 2. The molecule has 0 unspecified atom stereocenters. The second-order valence-corrected chi connectivity index (χ2v) is 5.40. The van der Waals surface area contributed by atoms with E-state index in [4.69, 9.17) is 0 Å². The monoisotopic (exact) mass is 281 g/mol. The number of hydrogen-bond donors (Lipinski definition) is 0. The Kier molecular flexibility index (Phi) is 5.56. The first-order chi connectivity index (χ1) is 10.2. The Balaban J connectivity index is 2.12. The van der Waals surface area contributed by atoms with Gasteiger partial charge in [0.2, 0.25) is 5.91 Å². The number of anilines is 1. The summed E-state index contributed by atoms with van der Waals surface area (Å²) in [4.78, 5) is 14.5. The summed E-state index contributed by atoms with van der Waals surface area (Å²) in [6.45, 7) is 4.99. The molecule has 0 saturated heterocycles. The van der Waals surface area contributed by atoms with Gasteiger partial charge in [0.05, 0.1) is 6.42 Å². The zero-order valence-corrected chi connectivity index (χ0v) is 12.9. The Morgan fingerprint density at radius 2 is 1.67 bits per heavy atom. The van der Waals surface area contributed by atoms with Crippen LogP contribution in [0.5, 0.6) is 0 Å². The molecule has 2 heteroatoms. The van der Waals surface area contributed by atoms with Crippen molar-refractivity contribution in [2.75, 3.05) is 11.4 Å². The minimum absolute atomic E-state index is 0.165. The summed E-state index contributed by atoms with van der Waals surface area (Å²) in [7, 11) is 0. The Hall–Kier alpha value is -2.09. The van der Waals surface area contributed by atoms with Gasteiger partial charge in [-0.1, -0.05) is 61.4 Å². The van der Waals surface area contributed by atoms with Gasteiger partial charge in [-0.2, -0.15) is 0 Å². The molecule has 0 aliphatic rings. The van der Waals surface area contributed by atoms with Gasteiger partial charge in [-0.15, -0.1) is 0 Å². The number of hydrogen-bond acceptors (Lipinski definition) is 1. The van der Waals surface area contributed by atoms with Crippen molar-refractivity contribution >= 4 is 11.6 Å². The van der Waals surface area contributed by atoms with Crippen molar-refractivity contribution in [3.63, 3.8) is 0 Å². The minimum atomic E-state index is 0.165. The fourth-order valence-corrected chi connectivity index (χ4v) is 2.30. The zero-order valence-electron chi connectivity index (χ0n) is 12.9. The van der Waals surface area contributed by atoms with Crippen molar-refractivity contribution in [1.29, 1.82) is 0 Å². The lowest BCUT2D eigenvalue weighted by Gasteiger charge is -2.23. The molecule has 0 spiro atoms. The molecule has 110 valence electrons. The van der Waals surface area contributed by atoms with Crippen LogP contribution in [0.1, 0.15) is 30.9 Å². The zero-order chi connectivity index (χ0) is 15.1. The van der Waals surface area contributed by atoms with Gasteiger partial charge in [-0.05, 0) is 31.0 Å². The molecule has 0 atom stereocenters. The Labute approximate surface area is 127 Å². The molecule has 0 aromatic heterocycles. The number of aryl methyl sites for hydroxylation is 1. The van der Waals surface area contributed by atoms with Crippen LogP contribution in [0, 0.1) is 6.92 Å². The number of nitrogens with zero attached hydrogens (tertiary/aromatic N) is 1. The van der Waals surface area contributed by atoms with Crippen LogP contribution < -0.4 is 4.90 Å². The van der Waals surface area contributed by atoms with E-state index in [-0.39, 0.29) is 5.91 Å². The molecule has 0 aliphatic carbocycles. The molecule has 0 radical (unpaired) electrons. The second-order valence-electron chi connectivity index (χ2n) is 5.40. The van der Waals surface area contributed by atoms with Crippen LogP contribution in [-0.2, 0) is 11.2 Å². The first-order valence-corrected chi connectivity index (χ1v) is 7.61. The van der Waals surface area contributed by atoms with Crippen molar-refractivity contribution in [2.45, 2.75) is 33.1 Å². The van der Waals surface area contributed by atoms with Gasteiger partial charge in [0.1, 0.15) is 0 Å². The molecular formula is C19H23NO. The predicted molar refractivity (Wildman–Crippen MR) is 88.6 cm³/mol. The molecule has 2 aromatic carbocycles. The summed E-state index contributed by atoms with van der Waals surface area (Å²) in [5.74, 6) is 0.165. The smallest absolute Gasteiger partial charge is 0.231 e. The van der Waals surface area contributed by atoms with Gasteiger partial charge in [0.25, 0.3) is 0 Å². The lowest BCUT2D eigenvalue weighted by atomic mass is 10.1. The summed E-state index contributed by atoms with van der Waals surface area (Å²) >= 11 is 0. The summed E-state index contributed by atoms with van der Waals surface area (Å²) in [5.41, 5.74) is 3.28. The van der Waals surface area contributed by atoms with Crippen LogP contribution in [0.15, 0.2) is 54.6 Å². The Morgan fingerprint density at radius 1 is 1.00 bits per heavy atom. The molecular weight excluding hydrogens is 258 g/mol. The molecule has 1 amide bonds. The summed E-state index contributed by atoms with van der Waals surface area (Å²) in [6, 6.07) is 18.1. The van der Waals surface area contributed by atoms with Crippen LogP contribution >= 0.6 is 0 Å². The number of carbonyl (C=O) groups is 1. The lowest BCUT2D eigenvalue weighted by Crippen LogP contribution is -2.33. The quantitative estimate of drug-likeness (QED) is 0.770. The fourth-order valence-electron chi connectivity index (χ4n) is 2.30. The normalized spacial score (nSPS) is 10.4. The number of rotatable bonds is 6. The topological polar surface area (TPSA) is 20.3 Å². The summed E-state index contributed by atoms with van der Waals surface area (Å²) < 4.78 is 0. The molecule has 2 rings (SSSR count). The van der Waals surface area contributed by atoms with Crippen molar-refractivity contribution in [3.8, 4) is 0 Å². The average Bonchev–Trinajstić information content (AvgIpc) is 2.51. The molecule has 0 heterocycles. The molecule has 2 aromatic rings. The number of amides is 1. The van der Waals surface area contributed by atoms with E-state index in [1.807, 2.05) is 47.4 Å². The third-order valence-corrected chi connectivity index (χ3v) is 3.58. The van der Waals surface area contributed by atoms with E-state index >= 15 is 0 Å². The molecule has 21 heavy (non-hydrogen) atoms. The minimum Gasteiger partial charge on any atom is -0.312 e. The Morgan fingerprint density at radius 3 is 2.29 bits per heavy atom. The van der Waals surface area contributed by atoms with E-state index in [1.165, 1.54) is 5.56 Å². The fraction of sp³-hybridized carbons (Fsp3) is 0.316. The third kappa shape index (κ3) is 4.45. The van der Waals surface area contributed by atoms with E-state index in [2.05, 4.69) is 26.0 Å². The second kappa shape index (κ2) is 7.63. The number of unbranched alkanes of at least 4 members (excludes halogenated alkanes) is 1. The van der Waals surface area contributed by atoms with Crippen molar-refractivity contribution in [3.05, 3.63) is 65.7 Å². The summed E-state index contributed by atoms with van der Waals surface area (Å²) in [6.07, 6.45) is 2.56. The van der Waals surface area contributed by atoms with Crippen molar-refractivity contribution in [1.82, 2.24) is 0 Å². The molecule has 0 aliphatic heterocycles. The van der Waals surface area contributed by atoms with Crippen LogP contribution in [-0.4, -0.2) is 12.5 Å². The molecule has 2 nitrogen and oxygen atoms in total. The van der Waals surface area contributed by atoms with E-state index < -0.39 is 0 Å². The standard InChI is InChI=1S/C19H23NO/c1-3-4-14-20(18-8-6-5-7-9-18)19(21)15-17-12-10-16(2)11-13-17/h5-13H,3-4,14-15H2,1-2H3. The summed E-state index contributed by atoms with van der Waals surface area (Å²) in [5, 5.41) is 0.